The Hall–Kier alpha value is -2.63. The number of hydrogen-bond acceptors (Lipinski definition) is 6. The number of carbonyl (C=O) groups excluding carboxylic acids is 1. The molecule has 2 aromatic rings. The van der Waals surface area contributed by atoms with Crippen LogP contribution >= 0.6 is 0 Å². The Labute approximate surface area is 104 Å². The van der Waals surface area contributed by atoms with Crippen molar-refractivity contribution in [1.29, 1.82) is 0 Å². The van der Waals surface area contributed by atoms with Gasteiger partial charge in [-0.2, -0.15) is 0 Å². The zero-order chi connectivity index (χ0) is 13.0. The second kappa shape index (κ2) is 5.13. The van der Waals surface area contributed by atoms with Gasteiger partial charge in [0.1, 0.15) is 6.33 Å². The fraction of sp³-hybridized carbons (Fsp3) is 0.0833. The average Bonchev–Trinajstić information content (AvgIpc) is 2.41. The van der Waals surface area contributed by atoms with Crippen molar-refractivity contribution in [2.24, 2.45) is 0 Å². The van der Waals surface area contributed by atoms with Gasteiger partial charge in [0.05, 0.1) is 30.8 Å². The maximum atomic E-state index is 11.5. The van der Waals surface area contributed by atoms with Crippen LogP contribution in [0.1, 0.15) is 10.4 Å². The van der Waals surface area contributed by atoms with E-state index < -0.39 is 5.97 Å². The number of nitrogen functional groups attached to an aromatic ring is 1. The number of esters is 1. The molecule has 18 heavy (non-hydrogen) atoms. The van der Waals surface area contributed by atoms with Gasteiger partial charge in [-0.3, -0.25) is 0 Å². The molecule has 0 unspecified atom stereocenters. The summed E-state index contributed by atoms with van der Waals surface area (Å²) < 4.78 is 4.65. The maximum Gasteiger partial charge on any atom is 0.340 e. The number of rotatable bonds is 3. The van der Waals surface area contributed by atoms with Crippen LogP contribution in [0, 0.1) is 0 Å². The number of nitrogens with two attached hydrogens (primary N) is 1. The van der Waals surface area contributed by atoms with Gasteiger partial charge in [-0.15, -0.1) is 0 Å². The molecule has 0 aliphatic heterocycles. The zero-order valence-electron chi connectivity index (χ0n) is 9.75. The van der Waals surface area contributed by atoms with Crippen LogP contribution in [0.5, 0.6) is 0 Å². The molecule has 1 aromatic carbocycles. The zero-order valence-corrected chi connectivity index (χ0v) is 9.75. The number of ether oxygens (including phenoxy) is 1. The molecule has 1 aromatic heterocycles. The van der Waals surface area contributed by atoms with Gasteiger partial charge in [0.15, 0.2) is 0 Å². The Morgan fingerprint density at radius 3 is 2.67 bits per heavy atom. The summed E-state index contributed by atoms with van der Waals surface area (Å²) in [4.78, 5) is 19.2. The number of carbonyl (C=O) groups is 1. The highest BCUT2D eigenvalue weighted by molar-refractivity contribution is 5.96. The predicted octanol–water partition coefficient (Wildman–Crippen LogP) is 1.59. The van der Waals surface area contributed by atoms with Crippen molar-refractivity contribution >= 4 is 23.0 Å². The highest BCUT2D eigenvalue weighted by Crippen LogP contribution is 2.21. The minimum absolute atomic E-state index is 0.319. The number of methoxy groups -OCH3 is 1. The van der Waals surface area contributed by atoms with Crippen molar-refractivity contribution in [3.63, 3.8) is 0 Å². The van der Waals surface area contributed by atoms with Crippen LogP contribution in [0.3, 0.4) is 0 Å². The Morgan fingerprint density at radius 2 is 2.00 bits per heavy atom. The number of anilines is 3. The fourth-order valence-electron chi connectivity index (χ4n) is 1.45. The first-order valence-corrected chi connectivity index (χ1v) is 5.20. The van der Waals surface area contributed by atoms with Crippen molar-refractivity contribution in [2.45, 2.75) is 0 Å². The van der Waals surface area contributed by atoms with E-state index in [0.29, 0.717) is 16.9 Å². The minimum atomic E-state index is -0.472. The number of benzene rings is 1. The summed E-state index contributed by atoms with van der Waals surface area (Å²) in [6.07, 6.45) is 4.69. The molecule has 6 heteroatoms. The second-order valence-corrected chi connectivity index (χ2v) is 3.55. The molecule has 0 atom stereocenters. The molecule has 0 amide bonds. The molecule has 3 N–H and O–H groups in total. The van der Waals surface area contributed by atoms with Crippen LogP contribution in [0.2, 0.25) is 0 Å². The van der Waals surface area contributed by atoms with Gasteiger partial charge < -0.3 is 15.8 Å². The first kappa shape index (κ1) is 11.8. The summed E-state index contributed by atoms with van der Waals surface area (Å²) in [5.74, 6) is -0.472. The van der Waals surface area contributed by atoms with Gasteiger partial charge in [-0.1, -0.05) is 0 Å². The molecule has 1 heterocycles. The van der Waals surface area contributed by atoms with Crippen molar-refractivity contribution in [2.75, 3.05) is 18.2 Å². The third-order valence-electron chi connectivity index (χ3n) is 2.31. The topological polar surface area (TPSA) is 90.1 Å². The Bertz CT molecular complexity index is 557. The highest BCUT2D eigenvalue weighted by Gasteiger charge is 2.10. The largest absolute Gasteiger partial charge is 0.465 e. The number of hydrogen-bond donors (Lipinski definition) is 2. The van der Waals surface area contributed by atoms with Gasteiger partial charge >= 0.3 is 5.97 Å². The lowest BCUT2D eigenvalue weighted by Gasteiger charge is -2.08. The number of nitrogens with one attached hydrogen (secondary N) is 1. The van der Waals surface area contributed by atoms with E-state index >= 15 is 0 Å². The van der Waals surface area contributed by atoms with Crippen molar-refractivity contribution in [3.05, 3.63) is 42.5 Å². The highest BCUT2D eigenvalue weighted by atomic mass is 16.5. The molecule has 0 spiro atoms. The molecular formula is C12H12N4O2. The number of aromatic nitrogens is 2. The van der Waals surface area contributed by atoms with Gasteiger partial charge in [0.2, 0.25) is 0 Å². The summed E-state index contributed by atoms with van der Waals surface area (Å²) in [7, 11) is 1.31. The van der Waals surface area contributed by atoms with Crippen LogP contribution in [0.15, 0.2) is 36.9 Å². The third-order valence-corrected chi connectivity index (χ3v) is 2.31. The van der Waals surface area contributed by atoms with E-state index in [1.54, 1.807) is 30.6 Å². The summed E-state index contributed by atoms with van der Waals surface area (Å²) in [5.41, 5.74) is 7.83. The predicted molar refractivity (Wildman–Crippen MR) is 67.5 cm³/mol. The van der Waals surface area contributed by atoms with Gasteiger partial charge in [0.25, 0.3) is 0 Å². The van der Waals surface area contributed by atoms with Crippen LogP contribution in [0.4, 0.5) is 17.1 Å². The Balaban J connectivity index is 2.27. The molecule has 6 nitrogen and oxygen atoms in total. The van der Waals surface area contributed by atoms with Crippen LogP contribution < -0.4 is 11.1 Å². The third kappa shape index (κ3) is 2.54. The standard InChI is InChI=1S/C12H12N4O2/c1-18-12(17)10-4-8(2-3-11(10)13)16-9-5-14-7-15-6-9/h2-7,16H,13H2,1H3. The van der Waals surface area contributed by atoms with Crippen molar-refractivity contribution in [3.8, 4) is 0 Å². The SMILES string of the molecule is COC(=O)c1cc(Nc2cncnc2)ccc1N. The summed E-state index contributed by atoms with van der Waals surface area (Å²) in [6, 6.07) is 5.02. The Kier molecular flexibility index (Phi) is 3.38. The lowest BCUT2D eigenvalue weighted by molar-refractivity contribution is 0.0602. The normalized spacial score (nSPS) is 9.83. The number of nitrogens with zero attached hydrogens (tertiary/aromatic N) is 2. The van der Waals surface area contributed by atoms with Crippen LogP contribution in [0.25, 0.3) is 0 Å². The first-order valence-electron chi connectivity index (χ1n) is 5.20. The van der Waals surface area contributed by atoms with E-state index in [1.807, 2.05) is 0 Å². The molecule has 0 radical (unpaired) electrons. The molecule has 0 bridgehead atoms. The summed E-state index contributed by atoms with van der Waals surface area (Å²) in [6.45, 7) is 0. The van der Waals surface area contributed by atoms with E-state index in [-0.39, 0.29) is 0 Å². The van der Waals surface area contributed by atoms with E-state index in [4.69, 9.17) is 5.73 Å². The molecular weight excluding hydrogens is 232 g/mol. The maximum absolute atomic E-state index is 11.5. The fourth-order valence-corrected chi connectivity index (χ4v) is 1.45. The monoisotopic (exact) mass is 244 g/mol. The molecule has 0 fully saturated rings. The average molecular weight is 244 g/mol. The van der Waals surface area contributed by atoms with Crippen molar-refractivity contribution < 1.29 is 9.53 Å². The van der Waals surface area contributed by atoms with Crippen LogP contribution in [-0.4, -0.2) is 23.0 Å². The molecule has 0 aliphatic carbocycles. The van der Waals surface area contributed by atoms with E-state index in [9.17, 15) is 4.79 Å². The van der Waals surface area contributed by atoms with Gasteiger partial charge in [-0.05, 0) is 18.2 Å². The van der Waals surface area contributed by atoms with E-state index in [1.165, 1.54) is 13.4 Å². The molecule has 2 rings (SSSR count). The van der Waals surface area contributed by atoms with Gasteiger partial charge in [0, 0.05) is 11.4 Å². The van der Waals surface area contributed by atoms with Crippen molar-refractivity contribution in [1.82, 2.24) is 9.97 Å². The lowest BCUT2D eigenvalue weighted by atomic mass is 10.1. The van der Waals surface area contributed by atoms with Gasteiger partial charge in [-0.25, -0.2) is 14.8 Å². The lowest BCUT2D eigenvalue weighted by Crippen LogP contribution is -2.06. The quantitative estimate of drug-likeness (QED) is 0.629. The van der Waals surface area contributed by atoms with E-state index in [0.717, 1.165) is 5.69 Å². The molecule has 0 saturated heterocycles. The smallest absolute Gasteiger partial charge is 0.340 e. The second-order valence-electron chi connectivity index (χ2n) is 3.55. The van der Waals surface area contributed by atoms with Crippen LogP contribution in [-0.2, 0) is 4.74 Å². The molecule has 0 aliphatic rings. The summed E-state index contributed by atoms with van der Waals surface area (Å²) in [5, 5.41) is 3.06. The molecule has 92 valence electrons. The summed E-state index contributed by atoms with van der Waals surface area (Å²) >= 11 is 0. The first-order chi connectivity index (χ1) is 8.70. The van der Waals surface area contributed by atoms with E-state index in [2.05, 4.69) is 20.0 Å². The minimum Gasteiger partial charge on any atom is -0.465 e. The Morgan fingerprint density at radius 1 is 1.28 bits per heavy atom. The molecule has 0 saturated carbocycles.